The van der Waals surface area contributed by atoms with Crippen molar-refractivity contribution in [2.24, 2.45) is 0 Å². The fourth-order valence-corrected chi connectivity index (χ4v) is 2.61. The van der Waals surface area contributed by atoms with Crippen LogP contribution in [0.2, 0.25) is 0 Å². The first kappa shape index (κ1) is 6.24. The predicted molar refractivity (Wildman–Crippen MR) is 45.4 cm³/mol. The number of allylic oxidation sites excluding steroid dienone is 1. The zero-order chi connectivity index (χ0) is 7.26. The third-order valence-electron chi connectivity index (χ3n) is 3.32. The van der Waals surface area contributed by atoms with E-state index in [2.05, 4.69) is 5.32 Å². The average Bonchev–Trinajstić information content (AvgIpc) is 2.79. The third kappa shape index (κ3) is 1.02. The average molecular weight is 149 g/mol. The highest BCUT2D eigenvalue weighted by Gasteiger charge is 2.32. The van der Waals surface area contributed by atoms with Gasteiger partial charge < -0.3 is 5.32 Å². The minimum Gasteiger partial charge on any atom is -0.311 e. The van der Waals surface area contributed by atoms with Crippen LogP contribution in [0.5, 0.6) is 0 Å². The fourth-order valence-electron chi connectivity index (χ4n) is 2.61. The monoisotopic (exact) mass is 149 g/mol. The van der Waals surface area contributed by atoms with Crippen molar-refractivity contribution in [3.8, 4) is 0 Å². The lowest BCUT2D eigenvalue weighted by molar-refractivity contribution is 0.473. The number of fused-ring (bicyclic) bond motifs is 2. The summed E-state index contributed by atoms with van der Waals surface area (Å²) < 4.78 is 0. The molecule has 0 radical (unpaired) electrons. The van der Waals surface area contributed by atoms with Gasteiger partial charge in [-0.15, -0.1) is 0 Å². The lowest BCUT2D eigenvalue weighted by atomic mass is 9.98. The quantitative estimate of drug-likeness (QED) is 0.519. The van der Waals surface area contributed by atoms with Gasteiger partial charge in [-0.25, -0.2) is 0 Å². The molecule has 1 aliphatic carbocycles. The van der Waals surface area contributed by atoms with Crippen LogP contribution in [0.4, 0.5) is 0 Å². The zero-order valence-electron chi connectivity index (χ0n) is 6.90. The summed E-state index contributed by atoms with van der Waals surface area (Å²) in [6, 6.07) is 1.72. The first-order valence-electron chi connectivity index (χ1n) is 4.87. The van der Waals surface area contributed by atoms with Gasteiger partial charge in [-0.3, -0.25) is 0 Å². The Morgan fingerprint density at radius 3 is 2.09 bits per heavy atom. The molecule has 11 heavy (non-hydrogen) atoms. The summed E-state index contributed by atoms with van der Waals surface area (Å²) in [5, 5.41) is 3.67. The Labute approximate surface area is 67.9 Å². The molecule has 2 bridgehead atoms. The smallest absolute Gasteiger partial charge is 0.0108 e. The van der Waals surface area contributed by atoms with E-state index >= 15 is 0 Å². The number of hydrogen-bond acceptors (Lipinski definition) is 1. The molecule has 2 saturated heterocycles. The van der Waals surface area contributed by atoms with Gasteiger partial charge in [-0.2, -0.15) is 0 Å². The van der Waals surface area contributed by atoms with Crippen molar-refractivity contribution >= 4 is 0 Å². The van der Waals surface area contributed by atoms with E-state index in [0.717, 1.165) is 12.1 Å². The van der Waals surface area contributed by atoms with Crippen LogP contribution >= 0.6 is 0 Å². The summed E-state index contributed by atoms with van der Waals surface area (Å²) in [6.07, 6.45) is 8.48. The number of piperidine rings is 1. The van der Waals surface area contributed by atoms with Crippen molar-refractivity contribution in [2.45, 2.75) is 50.6 Å². The minimum atomic E-state index is 0.858. The molecular formula is C10H15N. The van der Waals surface area contributed by atoms with Gasteiger partial charge in [-0.05, 0) is 38.5 Å². The highest BCUT2D eigenvalue weighted by molar-refractivity contribution is 5.28. The van der Waals surface area contributed by atoms with Gasteiger partial charge in [0, 0.05) is 12.1 Å². The maximum absolute atomic E-state index is 3.67. The summed E-state index contributed by atoms with van der Waals surface area (Å²) in [5.74, 6) is 0. The van der Waals surface area contributed by atoms with E-state index in [1.54, 1.807) is 0 Å². The predicted octanol–water partition coefficient (Wildman–Crippen LogP) is 1.99. The van der Waals surface area contributed by atoms with E-state index < -0.39 is 0 Å². The van der Waals surface area contributed by atoms with Crippen LogP contribution in [0.25, 0.3) is 0 Å². The van der Waals surface area contributed by atoms with Crippen molar-refractivity contribution in [2.75, 3.05) is 0 Å². The van der Waals surface area contributed by atoms with Gasteiger partial charge in [0.05, 0.1) is 0 Å². The highest BCUT2D eigenvalue weighted by Crippen LogP contribution is 2.40. The van der Waals surface area contributed by atoms with Crippen LogP contribution in [-0.2, 0) is 0 Å². The Hall–Kier alpha value is -0.300. The zero-order valence-corrected chi connectivity index (χ0v) is 6.90. The second-order valence-corrected chi connectivity index (χ2v) is 4.25. The third-order valence-corrected chi connectivity index (χ3v) is 3.32. The molecule has 0 spiro atoms. The molecule has 1 nitrogen and oxygen atoms in total. The second-order valence-electron chi connectivity index (χ2n) is 4.25. The van der Waals surface area contributed by atoms with Crippen LogP contribution in [0.15, 0.2) is 11.1 Å². The molecule has 60 valence electrons. The number of nitrogens with one attached hydrogen (secondary N) is 1. The van der Waals surface area contributed by atoms with E-state index in [1.165, 1.54) is 38.5 Å². The van der Waals surface area contributed by atoms with E-state index in [9.17, 15) is 0 Å². The van der Waals surface area contributed by atoms with Crippen LogP contribution in [0.1, 0.15) is 38.5 Å². The number of hydrogen-bond donors (Lipinski definition) is 1. The maximum Gasteiger partial charge on any atom is 0.0108 e. The topological polar surface area (TPSA) is 12.0 Å². The molecule has 2 atom stereocenters. The largest absolute Gasteiger partial charge is 0.311 e. The summed E-state index contributed by atoms with van der Waals surface area (Å²) in [4.78, 5) is 0. The van der Waals surface area contributed by atoms with Crippen molar-refractivity contribution in [3.05, 3.63) is 11.1 Å². The first-order valence-corrected chi connectivity index (χ1v) is 4.87. The molecule has 1 N–H and O–H groups in total. The molecule has 0 aromatic rings. The molecule has 2 unspecified atom stereocenters. The Balaban J connectivity index is 1.86. The second kappa shape index (κ2) is 2.10. The van der Waals surface area contributed by atoms with Crippen molar-refractivity contribution < 1.29 is 0 Å². The molecule has 0 aromatic heterocycles. The number of rotatable bonds is 0. The van der Waals surface area contributed by atoms with Crippen LogP contribution in [0.3, 0.4) is 0 Å². The molecular weight excluding hydrogens is 134 g/mol. The molecule has 2 heterocycles. The standard InChI is InChI=1S/C10H15N/c1-2-7(1)8-5-9-3-4-10(6-8)11-9/h9-11H,1-6H2. The van der Waals surface area contributed by atoms with Crippen molar-refractivity contribution in [1.82, 2.24) is 5.32 Å². The van der Waals surface area contributed by atoms with Gasteiger partial charge in [-0.1, -0.05) is 11.1 Å². The van der Waals surface area contributed by atoms with Crippen LogP contribution in [-0.4, -0.2) is 12.1 Å². The molecule has 3 fully saturated rings. The lowest BCUT2D eigenvalue weighted by Gasteiger charge is -2.23. The Kier molecular flexibility index (Phi) is 1.19. The van der Waals surface area contributed by atoms with E-state index in [0.29, 0.717) is 0 Å². The molecule has 1 saturated carbocycles. The molecule has 2 aliphatic heterocycles. The van der Waals surface area contributed by atoms with Gasteiger partial charge in [0.25, 0.3) is 0 Å². The highest BCUT2D eigenvalue weighted by atomic mass is 15.0. The molecule has 0 amide bonds. The normalized spacial score (nSPS) is 41.5. The van der Waals surface area contributed by atoms with Gasteiger partial charge in [0.1, 0.15) is 0 Å². The fraction of sp³-hybridized carbons (Fsp3) is 0.800. The van der Waals surface area contributed by atoms with E-state index in [1.807, 2.05) is 11.1 Å². The SMILES string of the molecule is C1CC1=C1CC2CCC(C1)N2. The summed E-state index contributed by atoms with van der Waals surface area (Å²) in [7, 11) is 0. The Morgan fingerprint density at radius 2 is 1.55 bits per heavy atom. The molecule has 1 heteroatoms. The summed E-state index contributed by atoms with van der Waals surface area (Å²) >= 11 is 0. The Morgan fingerprint density at radius 1 is 0.909 bits per heavy atom. The summed E-state index contributed by atoms with van der Waals surface area (Å²) in [5.41, 5.74) is 3.64. The van der Waals surface area contributed by atoms with Crippen LogP contribution in [0, 0.1) is 0 Å². The van der Waals surface area contributed by atoms with Crippen molar-refractivity contribution in [1.29, 1.82) is 0 Å². The maximum atomic E-state index is 3.67. The van der Waals surface area contributed by atoms with Gasteiger partial charge in [0.15, 0.2) is 0 Å². The molecule has 3 rings (SSSR count). The minimum absolute atomic E-state index is 0.858. The molecule has 0 aromatic carbocycles. The van der Waals surface area contributed by atoms with E-state index in [-0.39, 0.29) is 0 Å². The Bertz CT molecular complexity index is 197. The first-order chi connectivity index (χ1) is 5.42. The van der Waals surface area contributed by atoms with Crippen molar-refractivity contribution in [3.63, 3.8) is 0 Å². The van der Waals surface area contributed by atoms with E-state index in [4.69, 9.17) is 0 Å². The van der Waals surface area contributed by atoms with Gasteiger partial charge in [0.2, 0.25) is 0 Å². The lowest BCUT2D eigenvalue weighted by Crippen LogP contribution is -2.34. The van der Waals surface area contributed by atoms with Crippen LogP contribution < -0.4 is 5.32 Å². The van der Waals surface area contributed by atoms with Gasteiger partial charge >= 0.3 is 0 Å². The summed E-state index contributed by atoms with van der Waals surface area (Å²) in [6.45, 7) is 0. The molecule has 3 aliphatic rings.